The van der Waals surface area contributed by atoms with Crippen molar-refractivity contribution in [3.8, 4) is 0 Å². The number of hydrogen-bond acceptors (Lipinski definition) is 4. The normalized spacial score (nSPS) is 22.2. The van der Waals surface area contributed by atoms with Crippen molar-refractivity contribution < 1.29 is 0 Å². The fourth-order valence-corrected chi connectivity index (χ4v) is 0.448. The fourth-order valence-electron chi connectivity index (χ4n) is 0.448. The summed E-state index contributed by atoms with van der Waals surface area (Å²) < 4.78 is 0. The van der Waals surface area contributed by atoms with Crippen LogP contribution in [0.4, 0.5) is 0 Å². The Kier molecular flexibility index (Phi) is 1.15. The van der Waals surface area contributed by atoms with Crippen LogP contribution in [0.3, 0.4) is 0 Å². The Morgan fingerprint density at radius 2 is 2.50 bits per heavy atom. The molecule has 4 heteroatoms. The van der Waals surface area contributed by atoms with Crippen LogP contribution in [0, 0.1) is 0 Å². The van der Waals surface area contributed by atoms with Gasteiger partial charge in [0.15, 0.2) is 5.82 Å². The lowest BCUT2D eigenvalue weighted by atomic mass is 10.6. The van der Waals surface area contributed by atoms with Crippen molar-refractivity contribution in [3.05, 3.63) is 11.9 Å². The minimum Gasteiger partial charge on any atom is -0.263 e. The zero-order chi connectivity index (χ0) is 5.98. The van der Waals surface area contributed by atoms with Gasteiger partial charge in [-0.15, -0.1) is 5.11 Å². The predicted molar refractivity (Wildman–Crippen MR) is 29.5 cm³/mol. The molecule has 0 fully saturated rings. The fraction of sp³-hybridized carbons (Fsp3) is 0.500. The topological polar surface area (TPSA) is 40.0 Å². The molecular weight excluding hydrogens is 104 g/mol. The molecule has 0 aromatic carbocycles. The van der Waals surface area contributed by atoms with E-state index in [4.69, 9.17) is 0 Å². The highest BCUT2D eigenvalue weighted by Crippen LogP contribution is 2.01. The van der Waals surface area contributed by atoms with E-state index < -0.39 is 0 Å². The van der Waals surface area contributed by atoms with Crippen LogP contribution in [-0.2, 0) is 0 Å². The van der Waals surface area contributed by atoms with Gasteiger partial charge in [-0.2, -0.15) is 5.12 Å². The van der Waals surface area contributed by atoms with Crippen molar-refractivity contribution in [3.63, 3.8) is 0 Å². The highest BCUT2D eigenvalue weighted by molar-refractivity contribution is 4.94. The van der Waals surface area contributed by atoms with Gasteiger partial charge >= 0.3 is 0 Å². The maximum atomic E-state index is 3.74. The van der Waals surface area contributed by atoms with Gasteiger partial charge in [-0.05, 0) is 18.2 Å². The first-order chi connectivity index (χ1) is 3.83. The number of hydrazine groups is 1. The first kappa shape index (κ1) is 5.08. The van der Waals surface area contributed by atoms with Crippen LogP contribution >= 0.6 is 0 Å². The minimum absolute atomic E-state index is 0.799. The van der Waals surface area contributed by atoms with Crippen LogP contribution in [-0.4, -0.2) is 12.2 Å². The van der Waals surface area contributed by atoms with Crippen molar-refractivity contribution in [2.45, 2.75) is 6.92 Å². The Labute approximate surface area is 47.8 Å². The molecule has 0 aromatic heterocycles. The van der Waals surface area contributed by atoms with Gasteiger partial charge in [-0.3, -0.25) is 5.43 Å². The highest BCUT2D eigenvalue weighted by atomic mass is 15.8. The molecule has 0 spiro atoms. The average molecular weight is 112 g/mol. The SMILES string of the molecule is C/C=C1\N=NN(C)N1. The summed E-state index contributed by atoms with van der Waals surface area (Å²) in [5.74, 6) is 0.799. The van der Waals surface area contributed by atoms with Gasteiger partial charge in [0, 0.05) is 7.05 Å². The zero-order valence-electron chi connectivity index (χ0n) is 4.92. The lowest BCUT2D eigenvalue weighted by Gasteiger charge is -2.02. The molecule has 0 aliphatic carbocycles. The number of nitrogens with one attached hydrogen (secondary N) is 1. The van der Waals surface area contributed by atoms with Crippen molar-refractivity contribution in [1.29, 1.82) is 0 Å². The van der Waals surface area contributed by atoms with Gasteiger partial charge in [0.1, 0.15) is 0 Å². The van der Waals surface area contributed by atoms with Gasteiger partial charge in [0.2, 0.25) is 0 Å². The number of rotatable bonds is 0. The summed E-state index contributed by atoms with van der Waals surface area (Å²) in [7, 11) is 1.79. The molecule has 0 bridgehead atoms. The summed E-state index contributed by atoms with van der Waals surface area (Å²) in [5.41, 5.74) is 2.86. The van der Waals surface area contributed by atoms with Crippen molar-refractivity contribution in [1.82, 2.24) is 10.5 Å². The zero-order valence-corrected chi connectivity index (χ0v) is 4.92. The number of allylic oxidation sites excluding steroid dienone is 1. The Morgan fingerprint density at radius 1 is 1.75 bits per heavy atom. The molecule has 8 heavy (non-hydrogen) atoms. The summed E-state index contributed by atoms with van der Waals surface area (Å²) in [6, 6.07) is 0. The first-order valence-corrected chi connectivity index (χ1v) is 2.41. The molecule has 1 N–H and O–H groups in total. The van der Waals surface area contributed by atoms with Gasteiger partial charge < -0.3 is 0 Å². The number of nitrogens with zero attached hydrogens (tertiary/aromatic N) is 3. The number of hydrogen-bond donors (Lipinski definition) is 1. The smallest absolute Gasteiger partial charge is 0.165 e. The van der Waals surface area contributed by atoms with Crippen molar-refractivity contribution >= 4 is 0 Å². The summed E-state index contributed by atoms with van der Waals surface area (Å²) in [6.07, 6.45) is 1.85. The van der Waals surface area contributed by atoms with E-state index in [-0.39, 0.29) is 0 Å². The van der Waals surface area contributed by atoms with Crippen molar-refractivity contribution in [2.75, 3.05) is 7.05 Å². The van der Waals surface area contributed by atoms with E-state index in [2.05, 4.69) is 15.8 Å². The third-order valence-electron chi connectivity index (χ3n) is 0.836. The molecule has 1 aliphatic rings. The average Bonchev–Trinajstić information content (AvgIpc) is 2.14. The Balaban J connectivity index is 2.59. The van der Waals surface area contributed by atoms with Crippen LogP contribution in [0.25, 0.3) is 0 Å². The van der Waals surface area contributed by atoms with E-state index in [1.807, 2.05) is 13.0 Å². The third-order valence-corrected chi connectivity index (χ3v) is 0.836. The summed E-state index contributed by atoms with van der Waals surface area (Å²) in [5, 5.41) is 8.95. The van der Waals surface area contributed by atoms with Crippen LogP contribution in [0.1, 0.15) is 6.92 Å². The molecule has 0 saturated heterocycles. The van der Waals surface area contributed by atoms with Crippen LogP contribution in [0.2, 0.25) is 0 Å². The first-order valence-electron chi connectivity index (χ1n) is 2.41. The summed E-state index contributed by atoms with van der Waals surface area (Å²) in [4.78, 5) is 0. The molecule has 0 radical (unpaired) electrons. The second kappa shape index (κ2) is 1.81. The van der Waals surface area contributed by atoms with Gasteiger partial charge in [-0.1, -0.05) is 0 Å². The van der Waals surface area contributed by atoms with E-state index >= 15 is 0 Å². The quantitative estimate of drug-likeness (QED) is 0.500. The van der Waals surface area contributed by atoms with Crippen LogP contribution in [0.15, 0.2) is 22.2 Å². The molecule has 1 heterocycles. The lowest BCUT2D eigenvalue weighted by molar-refractivity contribution is 0.303. The molecule has 0 amide bonds. The standard InChI is InChI=1S/C4H8N4/c1-3-4-5-7-8(2)6-4/h3,6H,1-2H3/b4-3+. The van der Waals surface area contributed by atoms with Gasteiger partial charge in [0.05, 0.1) is 0 Å². The lowest BCUT2D eigenvalue weighted by Crippen LogP contribution is -2.22. The van der Waals surface area contributed by atoms with Gasteiger partial charge in [0.25, 0.3) is 0 Å². The second-order valence-corrected chi connectivity index (χ2v) is 1.50. The molecule has 0 unspecified atom stereocenters. The van der Waals surface area contributed by atoms with Crippen molar-refractivity contribution in [2.24, 2.45) is 10.3 Å². The van der Waals surface area contributed by atoms with E-state index in [1.54, 1.807) is 12.2 Å². The minimum atomic E-state index is 0.799. The Bertz CT molecular complexity index is 137. The van der Waals surface area contributed by atoms with E-state index in [9.17, 15) is 0 Å². The molecule has 1 rings (SSSR count). The van der Waals surface area contributed by atoms with Crippen LogP contribution < -0.4 is 5.43 Å². The summed E-state index contributed by atoms with van der Waals surface area (Å²) in [6.45, 7) is 1.90. The van der Waals surface area contributed by atoms with Crippen LogP contribution in [0.5, 0.6) is 0 Å². The molecule has 0 aromatic rings. The molecular formula is C4H8N4. The highest BCUT2D eigenvalue weighted by Gasteiger charge is 2.01. The Morgan fingerprint density at radius 3 is 2.75 bits per heavy atom. The maximum absolute atomic E-state index is 3.74. The molecule has 44 valence electrons. The molecule has 1 aliphatic heterocycles. The monoisotopic (exact) mass is 112 g/mol. The van der Waals surface area contributed by atoms with E-state index in [0.29, 0.717) is 0 Å². The second-order valence-electron chi connectivity index (χ2n) is 1.50. The van der Waals surface area contributed by atoms with E-state index in [0.717, 1.165) is 5.82 Å². The predicted octanol–water partition coefficient (Wildman–Crippen LogP) is 0.665. The van der Waals surface area contributed by atoms with Gasteiger partial charge in [-0.25, -0.2) is 0 Å². The summed E-state index contributed by atoms with van der Waals surface area (Å²) >= 11 is 0. The molecule has 0 saturated carbocycles. The third kappa shape index (κ3) is 0.776. The largest absolute Gasteiger partial charge is 0.263 e. The molecule has 4 nitrogen and oxygen atoms in total. The molecule has 0 atom stereocenters. The van der Waals surface area contributed by atoms with E-state index in [1.165, 1.54) is 0 Å². The Hall–Kier alpha value is -1.06. The maximum Gasteiger partial charge on any atom is 0.165 e.